The highest BCUT2D eigenvalue weighted by Gasteiger charge is 2.19. The Kier molecular flexibility index (Phi) is 7.93. The van der Waals surface area contributed by atoms with Gasteiger partial charge in [0.25, 0.3) is 11.0 Å². The lowest BCUT2D eigenvalue weighted by molar-refractivity contribution is -0.768. The second-order valence-electron chi connectivity index (χ2n) is 6.30. The van der Waals surface area contributed by atoms with Crippen molar-refractivity contribution in [3.63, 3.8) is 0 Å². The number of nitrogens with one attached hydrogen (secondary N) is 2. The summed E-state index contributed by atoms with van der Waals surface area (Å²) in [6, 6.07) is 6.77. The van der Waals surface area contributed by atoms with E-state index in [1.807, 2.05) is 20.8 Å². The predicted molar refractivity (Wildman–Crippen MR) is 91.1 cm³/mol. The van der Waals surface area contributed by atoms with E-state index in [1.54, 1.807) is 24.3 Å². The van der Waals surface area contributed by atoms with Crippen LogP contribution in [0.15, 0.2) is 24.3 Å². The monoisotopic (exact) mass is 355 g/mol. The normalized spacial score (nSPS) is 12.2. The van der Waals surface area contributed by atoms with Gasteiger partial charge in [0.1, 0.15) is 6.61 Å². The smallest absolute Gasteiger partial charge is 0.294 e. The summed E-state index contributed by atoms with van der Waals surface area (Å²) in [5, 5.41) is 15.4. The maximum absolute atomic E-state index is 11.3. The van der Waals surface area contributed by atoms with Crippen molar-refractivity contribution in [3.05, 3.63) is 34.4 Å². The first-order valence-electron chi connectivity index (χ1n) is 7.82. The van der Waals surface area contributed by atoms with Crippen molar-refractivity contribution in [2.24, 2.45) is 0 Å². The predicted octanol–water partition coefficient (Wildman–Crippen LogP) is 1.16. The number of para-hydroxylation sites is 2. The number of likely N-dealkylation sites (N-methyl/N-ethyl adjacent to an activating group) is 1. The third-order valence-electron chi connectivity index (χ3n) is 3.01. The van der Waals surface area contributed by atoms with Crippen molar-refractivity contribution in [1.29, 1.82) is 0 Å². The average molecular weight is 355 g/mol. The second kappa shape index (κ2) is 9.67. The molecule has 1 rings (SSSR count). The van der Waals surface area contributed by atoms with Crippen LogP contribution in [0, 0.1) is 10.1 Å². The quantitative estimate of drug-likeness (QED) is 0.478. The van der Waals surface area contributed by atoms with Gasteiger partial charge >= 0.3 is 0 Å². The van der Waals surface area contributed by atoms with Gasteiger partial charge in [0, 0.05) is 19.1 Å². The molecule has 2 N–H and O–H groups in total. The van der Waals surface area contributed by atoms with Crippen molar-refractivity contribution >= 4 is 5.91 Å². The number of rotatable bonds is 10. The maximum atomic E-state index is 11.3. The third kappa shape index (κ3) is 8.75. The summed E-state index contributed by atoms with van der Waals surface area (Å²) in [5.41, 5.74) is -0.216. The van der Waals surface area contributed by atoms with Gasteiger partial charge in [-0.3, -0.25) is 4.79 Å². The van der Waals surface area contributed by atoms with E-state index < -0.39 is 11.2 Å². The van der Waals surface area contributed by atoms with Gasteiger partial charge in [-0.25, -0.2) is 0 Å². The number of carbonyl (C=O) groups is 1. The Hall–Kier alpha value is -2.55. The van der Waals surface area contributed by atoms with Gasteiger partial charge in [0.2, 0.25) is 0 Å². The molecule has 0 aliphatic heterocycles. The van der Waals surface area contributed by atoms with E-state index in [9.17, 15) is 14.9 Å². The highest BCUT2D eigenvalue weighted by Crippen LogP contribution is 2.26. The van der Waals surface area contributed by atoms with Gasteiger partial charge < -0.3 is 24.9 Å². The molecule has 1 aromatic carbocycles. The van der Waals surface area contributed by atoms with Crippen LogP contribution in [0.4, 0.5) is 0 Å². The van der Waals surface area contributed by atoms with Gasteiger partial charge in [-0.15, -0.1) is 10.1 Å². The first-order chi connectivity index (χ1) is 11.7. The molecule has 0 aromatic heterocycles. The molecule has 0 aliphatic carbocycles. The topological polar surface area (TPSA) is 112 Å². The lowest BCUT2D eigenvalue weighted by Gasteiger charge is -2.24. The Morgan fingerprint density at radius 3 is 2.36 bits per heavy atom. The van der Waals surface area contributed by atoms with E-state index in [0.29, 0.717) is 11.5 Å². The van der Waals surface area contributed by atoms with Crippen LogP contribution in [0.2, 0.25) is 0 Å². The van der Waals surface area contributed by atoms with Crippen molar-refractivity contribution in [2.75, 3.05) is 26.8 Å². The summed E-state index contributed by atoms with van der Waals surface area (Å²) >= 11 is 0. The van der Waals surface area contributed by atoms with E-state index in [-0.39, 0.29) is 31.2 Å². The molecule has 140 valence electrons. The minimum atomic E-state index is -0.841. The number of carbonyl (C=O) groups excluding carboxylic acids is 1. The summed E-state index contributed by atoms with van der Waals surface area (Å²) in [5.74, 6) is 0.465. The fourth-order valence-electron chi connectivity index (χ4n) is 1.76. The molecule has 0 saturated heterocycles. The molecule has 9 nitrogen and oxygen atoms in total. The second-order valence-corrected chi connectivity index (χ2v) is 6.30. The number of nitrogens with zero attached hydrogens (tertiary/aromatic N) is 1. The average Bonchev–Trinajstić information content (AvgIpc) is 2.54. The van der Waals surface area contributed by atoms with Gasteiger partial charge in [-0.05, 0) is 32.9 Å². The molecule has 1 unspecified atom stereocenters. The SMILES string of the molecule is CNC(=O)COc1ccccc1OCC(CNC(C)(C)C)O[N+](=O)[O-]. The Morgan fingerprint density at radius 2 is 1.84 bits per heavy atom. The highest BCUT2D eigenvalue weighted by atomic mass is 17.0. The fraction of sp³-hybridized carbons (Fsp3) is 0.562. The number of hydrogen-bond acceptors (Lipinski definition) is 7. The summed E-state index contributed by atoms with van der Waals surface area (Å²) in [4.78, 5) is 26.6. The molecule has 1 atom stereocenters. The first kappa shape index (κ1) is 20.5. The molecule has 25 heavy (non-hydrogen) atoms. The van der Waals surface area contributed by atoms with Crippen LogP contribution >= 0.6 is 0 Å². The van der Waals surface area contributed by atoms with Crippen LogP contribution in [-0.2, 0) is 9.63 Å². The number of amides is 1. The number of benzene rings is 1. The minimum absolute atomic E-state index is 0.0512. The standard InChI is InChI=1S/C16H25N3O6/c1-16(2,3)18-9-12(25-19(21)22)10-23-13-7-5-6-8-14(13)24-11-15(20)17-4/h5-8,12,18H,9-11H2,1-4H3,(H,17,20). The Bertz CT molecular complexity index is 573. The lowest BCUT2D eigenvalue weighted by atomic mass is 10.1. The van der Waals surface area contributed by atoms with Crippen LogP contribution in [0.3, 0.4) is 0 Å². The summed E-state index contributed by atoms with van der Waals surface area (Å²) in [7, 11) is 1.51. The van der Waals surface area contributed by atoms with Crippen LogP contribution in [0.5, 0.6) is 11.5 Å². The third-order valence-corrected chi connectivity index (χ3v) is 3.01. The molecule has 0 aliphatic rings. The van der Waals surface area contributed by atoms with E-state index in [2.05, 4.69) is 15.5 Å². The number of ether oxygens (including phenoxy) is 2. The van der Waals surface area contributed by atoms with Crippen molar-refractivity contribution in [3.8, 4) is 11.5 Å². The molecular weight excluding hydrogens is 330 g/mol. The maximum Gasteiger partial charge on any atom is 0.294 e. The van der Waals surface area contributed by atoms with E-state index >= 15 is 0 Å². The lowest BCUT2D eigenvalue weighted by Crippen LogP contribution is -2.44. The van der Waals surface area contributed by atoms with Crippen LogP contribution < -0.4 is 20.1 Å². The summed E-state index contributed by atoms with van der Waals surface area (Å²) in [6.45, 7) is 5.87. The Balaban J connectivity index is 2.68. The molecule has 0 radical (unpaired) electrons. The van der Waals surface area contributed by atoms with Crippen molar-refractivity contribution in [2.45, 2.75) is 32.4 Å². The highest BCUT2D eigenvalue weighted by molar-refractivity contribution is 5.77. The van der Waals surface area contributed by atoms with Gasteiger partial charge in [-0.2, -0.15) is 0 Å². The summed E-state index contributed by atoms with van der Waals surface area (Å²) in [6.07, 6.45) is -0.791. The zero-order valence-electron chi connectivity index (χ0n) is 14.9. The van der Waals surface area contributed by atoms with E-state index in [1.165, 1.54) is 7.05 Å². The molecule has 0 spiro atoms. The number of hydrogen-bond donors (Lipinski definition) is 2. The van der Waals surface area contributed by atoms with Crippen LogP contribution in [0.1, 0.15) is 20.8 Å². The van der Waals surface area contributed by atoms with E-state index in [0.717, 1.165) is 0 Å². The molecule has 0 fully saturated rings. The molecule has 1 amide bonds. The molecule has 0 heterocycles. The van der Waals surface area contributed by atoms with Crippen LogP contribution in [0.25, 0.3) is 0 Å². The van der Waals surface area contributed by atoms with Crippen LogP contribution in [-0.4, -0.2) is 49.4 Å². The molecule has 0 saturated carbocycles. The largest absolute Gasteiger partial charge is 0.487 e. The Morgan fingerprint density at radius 1 is 1.24 bits per heavy atom. The van der Waals surface area contributed by atoms with Gasteiger partial charge in [-0.1, -0.05) is 12.1 Å². The van der Waals surface area contributed by atoms with Crippen molar-refractivity contribution < 1.29 is 24.2 Å². The molecule has 1 aromatic rings. The van der Waals surface area contributed by atoms with Gasteiger partial charge in [0.05, 0.1) is 0 Å². The minimum Gasteiger partial charge on any atom is -0.487 e. The Labute approximate surface area is 146 Å². The summed E-state index contributed by atoms with van der Waals surface area (Å²) < 4.78 is 11.0. The zero-order valence-corrected chi connectivity index (χ0v) is 14.9. The molecular formula is C16H25N3O6. The fourth-order valence-corrected chi connectivity index (χ4v) is 1.76. The first-order valence-corrected chi connectivity index (χ1v) is 7.82. The van der Waals surface area contributed by atoms with Crippen molar-refractivity contribution in [1.82, 2.24) is 10.6 Å². The molecule has 9 heteroatoms. The molecule has 0 bridgehead atoms. The zero-order chi connectivity index (χ0) is 18.9. The van der Waals surface area contributed by atoms with E-state index in [4.69, 9.17) is 9.47 Å². The van der Waals surface area contributed by atoms with Gasteiger partial charge in [0.15, 0.2) is 24.2 Å².